The van der Waals surface area contributed by atoms with Crippen LogP contribution in [0.25, 0.3) is 0 Å². The zero-order chi connectivity index (χ0) is 17.7. The molecule has 0 aliphatic carbocycles. The van der Waals surface area contributed by atoms with Gasteiger partial charge in [-0.3, -0.25) is 0 Å². The summed E-state index contributed by atoms with van der Waals surface area (Å²) >= 11 is 0. The topological polar surface area (TPSA) is 38.7 Å². The van der Waals surface area contributed by atoms with Crippen LogP contribution in [-0.4, -0.2) is 18.1 Å². The number of rotatable bonds is 20. The van der Waals surface area contributed by atoms with Gasteiger partial charge in [-0.25, -0.2) is 0 Å². The third-order valence-electron chi connectivity index (χ3n) is 4.40. The Balaban J connectivity index is 3.11. The molecule has 4 heteroatoms. The van der Waals surface area contributed by atoms with Gasteiger partial charge in [0.1, 0.15) is 0 Å². The first kappa shape index (κ1) is 24.3. The van der Waals surface area contributed by atoms with Crippen LogP contribution in [0.4, 0.5) is 0 Å². The predicted molar refractivity (Wildman–Crippen MR) is 106 cm³/mol. The molecule has 0 saturated heterocycles. The lowest BCUT2D eigenvalue weighted by Gasteiger charge is -2.10. The first-order valence-electron chi connectivity index (χ1n) is 10.6. The zero-order valence-corrected chi connectivity index (χ0v) is 17.3. The Hall–Kier alpha value is 0.310. The molecule has 0 fully saturated rings. The molecule has 0 aliphatic rings. The number of hydrogen-bond donors (Lipinski definition) is 1. The Morgan fingerprint density at radius 1 is 0.500 bits per heavy atom. The molecule has 24 heavy (non-hydrogen) atoms. The van der Waals surface area contributed by atoms with E-state index in [0.29, 0.717) is 13.2 Å². The van der Waals surface area contributed by atoms with Gasteiger partial charge in [-0.05, 0) is 12.8 Å². The van der Waals surface area contributed by atoms with E-state index in [1.165, 1.54) is 89.9 Å². The van der Waals surface area contributed by atoms with Crippen LogP contribution in [0.15, 0.2) is 0 Å². The highest BCUT2D eigenvalue weighted by Gasteiger charge is 2.05. The van der Waals surface area contributed by atoms with Crippen LogP contribution in [0.2, 0.25) is 0 Å². The van der Waals surface area contributed by atoms with Gasteiger partial charge in [-0.2, -0.15) is 0 Å². The summed E-state index contributed by atoms with van der Waals surface area (Å²) in [6.45, 7) is 5.76. The minimum atomic E-state index is -1.64. The predicted octanol–water partition coefficient (Wildman–Crippen LogP) is 7.52. The maximum absolute atomic E-state index is 9.65. The van der Waals surface area contributed by atoms with Crippen molar-refractivity contribution in [2.75, 3.05) is 13.2 Å². The summed E-state index contributed by atoms with van der Waals surface area (Å²) in [5.74, 6) is 0. The van der Waals surface area contributed by atoms with Gasteiger partial charge < -0.3 is 13.9 Å². The van der Waals surface area contributed by atoms with Gasteiger partial charge in [0.2, 0.25) is 0 Å². The molecule has 0 bridgehead atoms. The van der Waals surface area contributed by atoms with Crippen LogP contribution in [0.3, 0.4) is 0 Å². The molecule has 0 aliphatic heterocycles. The lowest BCUT2D eigenvalue weighted by Crippen LogP contribution is -1.95. The van der Waals surface area contributed by atoms with Crippen molar-refractivity contribution in [3.05, 3.63) is 0 Å². The van der Waals surface area contributed by atoms with E-state index < -0.39 is 8.60 Å². The van der Waals surface area contributed by atoms with Gasteiger partial charge in [0.25, 0.3) is 0 Å². The SMILES string of the molecule is CCCCCCCCCCCCOP(O)OCCCCCCCC. The van der Waals surface area contributed by atoms with Gasteiger partial charge >= 0.3 is 8.60 Å². The molecule has 0 aromatic rings. The van der Waals surface area contributed by atoms with E-state index in [-0.39, 0.29) is 0 Å². The normalized spacial score (nSPS) is 12.6. The minimum absolute atomic E-state index is 0.631. The summed E-state index contributed by atoms with van der Waals surface area (Å²) in [7, 11) is -1.64. The van der Waals surface area contributed by atoms with Crippen LogP contribution in [0, 0.1) is 0 Å². The molecule has 0 amide bonds. The van der Waals surface area contributed by atoms with Crippen molar-refractivity contribution in [1.29, 1.82) is 0 Å². The first-order chi connectivity index (χ1) is 11.8. The maximum atomic E-state index is 9.65. The van der Waals surface area contributed by atoms with E-state index in [4.69, 9.17) is 9.05 Å². The molecule has 0 radical (unpaired) electrons. The van der Waals surface area contributed by atoms with Crippen molar-refractivity contribution in [3.8, 4) is 0 Å². The molecule has 1 N–H and O–H groups in total. The maximum Gasteiger partial charge on any atom is 0.329 e. The van der Waals surface area contributed by atoms with Crippen molar-refractivity contribution >= 4 is 8.60 Å². The van der Waals surface area contributed by atoms with Crippen molar-refractivity contribution in [1.82, 2.24) is 0 Å². The molecule has 0 aromatic heterocycles. The Bertz CT molecular complexity index is 227. The molecule has 0 spiro atoms. The van der Waals surface area contributed by atoms with Crippen LogP contribution in [0.1, 0.15) is 117 Å². The second kappa shape index (κ2) is 21.4. The van der Waals surface area contributed by atoms with Gasteiger partial charge in [0.15, 0.2) is 0 Å². The largest absolute Gasteiger partial charge is 0.329 e. The Morgan fingerprint density at radius 3 is 1.12 bits per heavy atom. The number of unbranched alkanes of at least 4 members (excludes halogenated alkanes) is 14. The third kappa shape index (κ3) is 20.4. The van der Waals surface area contributed by atoms with Crippen LogP contribution < -0.4 is 0 Å². The second-order valence-electron chi connectivity index (χ2n) is 6.85. The summed E-state index contributed by atoms with van der Waals surface area (Å²) in [5.41, 5.74) is 0. The Kier molecular flexibility index (Phi) is 21.6. The van der Waals surface area contributed by atoms with Crippen LogP contribution in [-0.2, 0) is 9.05 Å². The van der Waals surface area contributed by atoms with Gasteiger partial charge in [-0.15, -0.1) is 0 Å². The van der Waals surface area contributed by atoms with E-state index in [9.17, 15) is 4.89 Å². The van der Waals surface area contributed by atoms with E-state index in [1.54, 1.807) is 0 Å². The molecule has 0 saturated carbocycles. The van der Waals surface area contributed by atoms with Crippen molar-refractivity contribution in [2.45, 2.75) is 117 Å². The monoisotopic (exact) mass is 362 g/mol. The van der Waals surface area contributed by atoms with E-state index in [0.717, 1.165) is 12.8 Å². The average Bonchev–Trinajstić information content (AvgIpc) is 2.59. The fourth-order valence-electron chi connectivity index (χ4n) is 2.79. The third-order valence-corrected chi connectivity index (χ3v) is 5.21. The van der Waals surface area contributed by atoms with Crippen LogP contribution in [0.5, 0.6) is 0 Å². The average molecular weight is 363 g/mol. The molecule has 1 unspecified atom stereocenters. The molecule has 1 atom stereocenters. The van der Waals surface area contributed by atoms with Crippen molar-refractivity contribution < 1.29 is 13.9 Å². The Labute approximate surface area is 152 Å². The summed E-state index contributed by atoms with van der Waals surface area (Å²) < 4.78 is 10.7. The highest BCUT2D eigenvalue weighted by Crippen LogP contribution is 2.33. The van der Waals surface area contributed by atoms with Crippen LogP contribution >= 0.6 is 8.60 Å². The summed E-state index contributed by atoms with van der Waals surface area (Å²) in [6, 6.07) is 0. The van der Waals surface area contributed by atoms with Crippen molar-refractivity contribution in [3.63, 3.8) is 0 Å². The fourth-order valence-corrected chi connectivity index (χ4v) is 3.44. The molecule has 146 valence electrons. The fraction of sp³-hybridized carbons (Fsp3) is 1.00. The summed E-state index contributed by atoms with van der Waals surface area (Å²) in [4.78, 5) is 9.65. The summed E-state index contributed by atoms with van der Waals surface area (Å²) in [5, 5.41) is 0. The smallest absolute Gasteiger partial charge is 0.328 e. The second-order valence-corrected chi connectivity index (χ2v) is 7.85. The van der Waals surface area contributed by atoms with Gasteiger partial charge in [0, 0.05) is 0 Å². The zero-order valence-electron chi connectivity index (χ0n) is 16.4. The quantitative estimate of drug-likeness (QED) is 0.180. The van der Waals surface area contributed by atoms with E-state index >= 15 is 0 Å². The molecule has 0 heterocycles. The first-order valence-corrected chi connectivity index (χ1v) is 11.7. The van der Waals surface area contributed by atoms with Gasteiger partial charge in [0.05, 0.1) is 13.2 Å². The van der Waals surface area contributed by atoms with Gasteiger partial charge in [-0.1, -0.05) is 104 Å². The molecular weight excluding hydrogens is 319 g/mol. The summed E-state index contributed by atoms with van der Waals surface area (Å²) in [6.07, 6.45) is 20.6. The standard InChI is InChI=1S/C20H43O3P/c1-3-5-7-9-11-12-13-14-16-18-20-23-24(21)22-19-17-15-10-8-6-4-2/h21H,3-20H2,1-2H3. The lowest BCUT2D eigenvalue weighted by atomic mass is 10.1. The Morgan fingerprint density at radius 2 is 0.792 bits per heavy atom. The van der Waals surface area contributed by atoms with E-state index in [2.05, 4.69) is 13.8 Å². The molecular formula is C20H43O3P. The van der Waals surface area contributed by atoms with E-state index in [1.807, 2.05) is 0 Å². The lowest BCUT2D eigenvalue weighted by molar-refractivity contribution is 0.193. The molecule has 0 rings (SSSR count). The molecule has 3 nitrogen and oxygen atoms in total. The van der Waals surface area contributed by atoms with Crippen molar-refractivity contribution in [2.24, 2.45) is 0 Å². The number of hydrogen-bond acceptors (Lipinski definition) is 3. The highest BCUT2D eigenvalue weighted by molar-refractivity contribution is 7.40. The molecule has 0 aromatic carbocycles. The minimum Gasteiger partial charge on any atom is -0.328 e. The highest BCUT2D eigenvalue weighted by atomic mass is 31.2.